The van der Waals surface area contributed by atoms with E-state index in [0.717, 1.165) is 0 Å². The molecule has 0 radical (unpaired) electrons. The number of thiazole rings is 1. The van der Waals surface area contributed by atoms with Crippen LogP contribution in [0.4, 0.5) is 0 Å². The second kappa shape index (κ2) is 13.4. The third-order valence-corrected chi connectivity index (χ3v) is 8.55. The standard InChI is InChI=1S/C36H30N2O8S/c1-5-45-35(41)30-31(21-10-7-6-8-11-21)37-36-38(32(30)23-14-16-27(42-2)28(19-23)43-3)33(39)29(47-36)20-25-15-17-26(46-25)22-12-9-13-24(18-22)34(40)44-4/h6-20,32H,5H2,1-4H3/b29-20-/t32-/m0/s1. The Morgan fingerprint density at radius 1 is 0.894 bits per heavy atom. The summed E-state index contributed by atoms with van der Waals surface area (Å²) in [5.74, 6) is 0.820. The molecule has 3 heterocycles. The molecular weight excluding hydrogens is 620 g/mol. The number of hydrogen-bond acceptors (Lipinski definition) is 10. The maximum absolute atomic E-state index is 14.2. The molecule has 0 saturated heterocycles. The highest BCUT2D eigenvalue weighted by molar-refractivity contribution is 7.07. The van der Waals surface area contributed by atoms with Crippen molar-refractivity contribution in [3.63, 3.8) is 0 Å². The van der Waals surface area contributed by atoms with Crippen molar-refractivity contribution in [3.8, 4) is 22.8 Å². The molecule has 11 heteroatoms. The molecule has 0 spiro atoms. The van der Waals surface area contributed by atoms with E-state index in [1.54, 1.807) is 61.5 Å². The van der Waals surface area contributed by atoms with Crippen molar-refractivity contribution in [3.05, 3.63) is 133 Å². The van der Waals surface area contributed by atoms with Crippen LogP contribution in [0.5, 0.6) is 11.5 Å². The van der Waals surface area contributed by atoms with Crippen molar-refractivity contribution in [2.45, 2.75) is 13.0 Å². The van der Waals surface area contributed by atoms with Gasteiger partial charge in [-0.15, -0.1) is 0 Å². The van der Waals surface area contributed by atoms with Gasteiger partial charge in [-0.2, -0.15) is 0 Å². The molecule has 1 aliphatic heterocycles. The van der Waals surface area contributed by atoms with Crippen molar-refractivity contribution < 1.29 is 33.0 Å². The summed E-state index contributed by atoms with van der Waals surface area (Å²) in [5.41, 5.74) is 2.62. The van der Waals surface area contributed by atoms with Gasteiger partial charge in [0.15, 0.2) is 16.3 Å². The van der Waals surface area contributed by atoms with Crippen molar-refractivity contribution in [1.29, 1.82) is 0 Å². The second-order valence-electron chi connectivity index (χ2n) is 10.3. The molecule has 6 rings (SSSR count). The Kier molecular flexibility index (Phi) is 8.90. The third-order valence-electron chi connectivity index (χ3n) is 7.57. The fourth-order valence-corrected chi connectivity index (χ4v) is 6.39. The zero-order valence-corrected chi connectivity index (χ0v) is 26.8. The van der Waals surface area contributed by atoms with Crippen molar-refractivity contribution in [2.24, 2.45) is 4.99 Å². The van der Waals surface area contributed by atoms with Gasteiger partial charge in [-0.3, -0.25) is 9.36 Å². The number of hydrogen-bond donors (Lipinski definition) is 0. The fourth-order valence-electron chi connectivity index (χ4n) is 5.41. The molecule has 5 aromatic rings. The van der Waals surface area contributed by atoms with E-state index in [9.17, 15) is 14.4 Å². The van der Waals surface area contributed by atoms with Crippen LogP contribution in [0.25, 0.3) is 23.1 Å². The van der Waals surface area contributed by atoms with Crippen LogP contribution < -0.4 is 24.4 Å². The number of furan rings is 1. The average Bonchev–Trinajstić information content (AvgIpc) is 3.71. The van der Waals surface area contributed by atoms with E-state index in [-0.39, 0.29) is 17.7 Å². The molecule has 10 nitrogen and oxygen atoms in total. The summed E-state index contributed by atoms with van der Waals surface area (Å²) in [6.07, 6.45) is 1.64. The third kappa shape index (κ3) is 6.00. The Bertz CT molecular complexity index is 2190. The van der Waals surface area contributed by atoms with Gasteiger partial charge >= 0.3 is 11.9 Å². The van der Waals surface area contributed by atoms with E-state index in [0.29, 0.717) is 60.3 Å². The van der Waals surface area contributed by atoms with Crippen molar-refractivity contribution >= 4 is 35.0 Å². The van der Waals surface area contributed by atoms with Crippen LogP contribution in [0, 0.1) is 0 Å². The van der Waals surface area contributed by atoms with Crippen molar-refractivity contribution in [1.82, 2.24) is 4.57 Å². The zero-order chi connectivity index (χ0) is 33.1. The zero-order valence-electron chi connectivity index (χ0n) is 26.0. The fraction of sp³-hybridized carbons (Fsp3) is 0.167. The minimum atomic E-state index is -0.893. The van der Waals surface area contributed by atoms with Gasteiger partial charge in [-0.25, -0.2) is 14.6 Å². The van der Waals surface area contributed by atoms with Crippen LogP contribution in [0.1, 0.15) is 40.2 Å². The highest BCUT2D eigenvalue weighted by atomic mass is 32.1. The smallest absolute Gasteiger partial charge is 0.338 e. The first-order chi connectivity index (χ1) is 22.9. The maximum Gasteiger partial charge on any atom is 0.338 e. The normalized spacial score (nSPS) is 14.3. The Balaban J connectivity index is 1.54. The summed E-state index contributed by atoms with van der Waals surface area (Å²) < 4.78 is 29.3. The minimum Gasteiger partial charge on any atom is -0.493 e. The molecule has 0 N–H and O–H groups in total. The van der Waals surface area contributed by atoms with Crippen LogP contribution >= 0.6 is 11.3 Å². The molecule has 0 saturated carbocycles. The largest absolute Gasteiger partial charge is 0.493 e. The molecule has 3 aromatic carbocycles. The predicted molar refractivity (Wildman–Crippen MR) is 176 cm³/mol. The van der Waals surface area contributed by atoms with E-state index < -0.39 is 18.0 Å². The molecule has 0 unspecified atom stereocenters. The van der Waals surface area contributed by atoms with Crippen LogP contribution in [-0.4, -0.2) is 44.4 Å². The predicted octanol–water partition coefficient (Wildman–Crippen LogP) is 5.00. The average molecular weight is 651 g/mol. The number of methoxy groups -OCH3 is 3. The van der Waals surface area contributed by atoms with Crippen LogP contribution in [0.3, 0.4) is 0 Å². The highest BCUT2D eigenvalue weighted by Gasteiger charge is 2.35. The molecule has 47 heavy (non-hydrogen) atoms. The Labute approximate surface area is 273 Å². The summed E-state index contributed by atoms with van der Waals surface area (Å²) in [7, 11) is 4.38. The first-order valence-corrected chi connectivity index (χ1v) is 15.5. The van der Waals surface area contributed by atoms with Gasteiger partial charge in [0.2, 0.25) is 0 Å². The number of nitrogens with zero attached hydrogens (tertiary/aromatic N) is 2. The van der Waals surface area contributed by atoms with Gasteiger partial charge in [0.1, 0.15) is 11.5 Å². The van der Waals surface area contributed by atoms with E-state index in [1.165, 1.54) is 37.2 Å². The summed E-state index contributed by atoms with van der Waals surface area (Å²) >= 11 is 1.18. The monoisotopic (exact) mass is 650 g/mol. The lowest BCUT2D eigenvalue weighted by molar-refractivity contribution is -0.138. The van der Waals surface area contributed by atoms with E-state index in [1.807, 2.05) is 36.4 Å². The molecule has 238 valence electrons. The number of aromatic nitrogens is 1. The number of carbonyl (C=O) groups is 2. The number of ether oxygens (including phenoxy) is 4. The summed E-state index contributed by atoms with van der Waals surface area (Å²) in [5, 5.41) is 0. The quantitative estimate of drug-likeness (QED) is 0.205. The first-order valence-electron chi connectivity index (χ1n) is 14.7. The number of benzene rings is 3. The van der Waals surface area contributed by atoms with Gasteiger partial charge in [0.05, 0.1) is 55.3 Å². The molecule has 0 aliphatic carbocycles. The number of fused-ring (bicyclic) bond motifs is 1. The topological polar surface area (TPSA) is 119 Å². The lowest BCUT2D eigenvalue weighted by Crippen LogP contribution is -2.40. The number of rotatable bonds is 9. The lowest BCUT2D eigenvalue weighted by atomic mass is 9.93. The first kappa shape index (κ1) is 31.3. The van der Waals surface area contributed by atoms with E-state index >= 15 is 0 Å². The second-order valence-corrected chi connectivity index (χ2v) is 11.3. The van der Waals surface area contributed by atoms with Crippen molar-refractivity contribution in [2.75, 3.05) is 27.9 Å². The van der Waals surface area contributed by atoms with E-state index in [4.69, 9.17) is 28.4 Å². The maximum atomic E-state index is 14.2. The SMILES string of the molecule is CCOC(=O)C1=C(c2ccccc2)N=c2s/c(=C\c3ccc(-c4cccc(C(=O)OC)c4)o3)c(=O)n2[C@H]1c1ccc(OC)c(OC)c1. The Hall–Kier alpha value is -5.68. The lowest BCUT2D eigenvalue weighted by Gasteiger charge is -2.26. The van der Waals surface area contributed by atoms with Crippen LogP contribution in [0.2, 0.25) is 0 Å². The molecule has 0 bridgehead atoms. The number of carbonyl (C=O) groups excluding carboxylic acids is 2. The van der Waals surface area contributed by atoms with Gasteiger partial charge in [-0.05, 0) is 48.9 Å². The van der Waals surface area contributed by atoms with Gasteiger partial charge in [0.25, 0.3) is 5.56 Å². The molecule has 0 amide bonds. The van der Waals surface area contributed by atoms with Crippen LogP contribution in [-0.2, 0) is 14.3 Å². The summed E-state index contributed by atoms with van der Waals surface area (Å²) in [4.78, 5) is 45.3. The van der Waals surface area contributed by atoms with Gasteiger partial charge in [-0.1, -0.05) is 59.9 Å². The highest BCUT2D eigenvalue weighted by Crippen LogP contribution is 2.38. The molecule has 1 atom stereocenters. The minimum absolute atomic E-state index is 0.136. The van der Waals surface area contributed by atoms with Crippen LogP contribution in [0.15, 0.2) is 105 Å². The molecule has 2 aromatic heterocycles. The van der Waals surface area contributed by atoms with Gasteiger partial charge in [0, 0.05) is 17.2 Å². The Morgan fingerprint density at radius 2 is 1.66 bits per heavy atom. The van der Waals surface area contributed by atoms with Gasteiger partial charge < -0.3 is 23.4 Å². The Morgan fingerprint density at radius 3 is 2.38 bits per heavy atom. The molecule has 1 aliphatic rings. The molecular formula is C36H30N2O8S. The summed E-state index contributed by atoms with van der Waals surface area (Å²) in [6.45, 7) is 1.86. The summed E-state index contributed by atoms with van der Waals surface area (Å²) in [6, 6.07) is 24.1. The molecule has 0 fully saturated rings. The van der Waals surface area contributed by atoms with E-state index in [2.05, 4.69) is 0 Å². The number of esters is 2.